The monoisotopic (exact) mass is 511 g/mol. The van der Waals surface area contributed by atoms with Gasteiger partial charge in [0, 0.05) is 29.7 Å². The van der Waals surface area contributed by atoms with Crippen molar-refractivity contribution in [3.63, 3.8) is 0 Å². The number of hydrogen-bond donors (Lipinski definition) is 2. The molecule has 7 nitrogen and oxygen atoms in total. The number of aliphatic hydroxyl groups excluding tert-OH is 1. The molecular weight excluding hydrogens is 482 g/mol. The molecule has 190 valence electrons. The molecule has 0 heterocycles. The van der Waals surface area contributed by atoms with Gasteiger partial charge in [-0.3, -0.25) is 0 Å². The van der Waals surface area contributed by atoms with Gasteiger partial charge in [-0.05, 0) is 47.5 Å². The molecule has 2 N–H and O–H groups in total. The van der Waals surface area contributed by atoms with Crippen molar-refractivity contribution in [3.05, 3.63) is 88.4 Å². The van der Waals surface area contributed by atoms with Gasteiger partial charge in [-0.2, -0.15) is 0 Å². The van der Waals surface area contributed by atoms with Gasteiger partial charge in [0.2, 0.25) is 0 Å². The first-order chi connectivity index (χ1) is 17.4. The summed E-state index contributed by atoms with van der Waals surface area (Å²) >= 11 is 6.08. The van der Waals surface area contributed by atoms with Crippen LogP contribution < -0.4 is 19.5 Å². The number of aliphatic hydroxyl groups is 1. The van der Waals surface area contributed by atoms with Crippen molar-refractivity contribution in [2.24, 2.45) is 0 Å². The maximum atomic E-state index is 12.3. The van der Waals surface area contributed by atoms with Crippen LogP contribution in [-0.4, -0.2) is 51.7 Å². The molecule has 0 saturated carbocycles. The molecule has 0 bridgehead atoms. The normalized spacial score (nSPS) is 12.1. The van der Waals surface area contributed by atoms with Gasteiger partial charge < -0.3 is 29.4 Å². The Labute approximate surface area is 216 Å². The molecule has 0 aliphatic carbocycles. The average molecular weight is 512 g/mol. The molecule has 0 aliphatic rings. The number of methoxy groups -OCH3 is 3. The van der Waals surface area contributed by atoms with Crippen LogP contribution in [0, 0.1) is 0 Å². The Hall–Kier alpha value is -3.52. The summed E-state index contributed by atoms with van der Waals surface area (Å²) in [6.45, 7) is 0.996. The lowest BCUT2D eigenvalue weighted by molar-refractivity contribution is -0.133. The Balaban J connectivity index is 1.54. The minimum atomic E-state index is -0.706. The van der Waals surface area contributed by atoms with Crippen LogP contribution in [0.2, 0.25) is 5.02 Å². The summed E-state index contributed by atoms with van der Waals surface area (Å²) in [4.78, 5) is 12.3. The molecule has 0 aliphatic heterocycles. The maximum absolute atomic E-state index is 12.3. The van der Waals surface area contributed by atoms with Gasteiger partial charge in [-0.1, -0.05) is 41.9 Å². The zero-order valence-corrected chi connectivity index (χ0v) is 21.2. The van der Waals surface area contributed by atoms with Crippen molar-refractivity contribution < 1.29 is 28.8 Å². The largest absolute Gasteiger partial charge is 0.497 e. The third-order valence-corrected chi connectivity index (χ3v) is 5.60. The van der Waals surface area contributed by atoms with Gasteiger partial charge in [-0.15, -0.1) is 0 Å². The first-order valence-corrected chi connectivity index (χ1v) is 11.7. The van der Waals surface area contributed by atoms with E-state index in [1.807, 2.05) is 30.3 Å². The standard InChI is InChI=1S/C28H30ClNO6/c1-33-25-12-9-21(27(15-25)34-2)16-30-17-23(31)18-36-24-10-7-19(8-11-24)13-26(28(32)35-3)20-5-4-6-22(29)14-20/h4-15,23,30-31H,16-18H2,1-3H3/b26-13+. The summed E-state index contributed by atoms with van der Waals surface area (Å²) in [5.74, 6) is 1.58. The van der Waals surface area contributed by atoms with Gasteiger partial charge in [0.15, 0.2) is 0 Å². The number of nitrogens with one attached hydrogen (secondary N) is 1. The van der Waals surface area contributed by atoms with E-state index in [0.29, 0.717) is 40.7 Å². The van der Waals surface area contributed by atoms with Crippen molar-refractivity contribution in [1.82, 2.24) is 5.32 Å². The maximum Gasteiger partial charge on any atom is 0.338 e. The molecule has 0 radical (unpaired) electrons. The molecule has 0 aromatic heterocycles. The first kappa shape index (κ1) is 27.1. The summed E-state index contributed by atoms with van der Waals surface area (Å²) in [5, 5.41) is 14.0. The Kier molecular flexibility index (Phi) is 10.2. The number of hydrogen-bond acceptors (Lipinski definition) is 7. The summed E-state index contributed by atoms with van der Waals surface area (Å²) < 4.78 is 21.2. The van der Waals surface area contributed by atoms with E-state index >= 15 is 0 Å². The second-order valence-electron chi connectivity index (χ2n) is 7.90. The molecular formula is C28H30ClNO6. The van der Waals surface area contributed by atoms with Crippen LogP contribution in [-0.2, 0) is 16.1 Å². The van der Waals surface area contributed by atoms with E-state index in [-0.39, 0.29) is 6.61 Å². The Morgan fingerprint density at radius 1 is 1.00 bits per heavy atom. The molecule has 0 fully saturated rings. The molecule has 3 aromatic carbocycles. The number of halogens is 1. The fraction of sp³-hybridized carbons (Fsp3) is 0.250. The van der Waals surface area contributed by atoms with Gasteiger partial charge in [0.05, 0.1) is 26.9 Å². The number of rotatable bonds is 12. The zero-order chi connectivity index (χ0) is 25.9. The SMILES string of the molecule is COC(=O)/C(=C/c1ccc(OCC(O)CNCc2ccc(OC)cc2OC)cc1)c1cccc(Cl)c1. The highest BCUT2D eigenvalue weighted by Crippen LogP contribution is 2.25. The molecule has 3 rings (SSSR count). The fourth-order valence-corrected chi connectivity index (χ4v) is 3.67. The number of esters is 1. The van der Waals surface area contributed by atoms with Crippen molar-refractivity contribution in [2.75, 3.05) is 34.5 Å². The average Bonchev–Trinajstić information content (AvgIpc) is 2.90. The van der Waals surface area contributed by atoms with Gasteiger partial charge in [0.25, 0.3) is 0 Å². The number of ether oxygens (including phenoxy) is 4. The zero-order valence-electron chi connectivity index (χ0n) is 20.5. The topological polar surface area (TPSA) is 86.3 Å². The van der Waals surface area contributed by atoms with E-state index in [4.69, 9.17) is 30.5 Å². The molecule has 1 unspecified atom stereocenters. The van der Waals surface area contributed by atoms with Crippen LogP contribution in [0.1, 0.15) is 16.7 Å². The van der Waals surface area contributed by atoms with E-state index in [1.54, 1.807) is 56.7 Å². The van der Waals surface area contributed by atoms with E-state index in [0.717, 1.165) is 16.9 Å². The van der Waals surface area contributed by atoms with Crippen molar-refractivity contribution in [2.45, 2.75) is 12.6 Å². The minimum Gasteiger partial charge on any atom is -0.497 e. The smallest absolute Gasteiger partial charge is 0.338 e. The fourth-order valence-electron chi connectivity index (χ4n) is 3.48. The highest BCUT2D eigenvalue weighted by molar-refractivity contribution is 6.31. The highest BCUT2D eigenvalue weighted by atomic mass is 35.5. The number of carbonyl (C=O) groups excluding carboxylic acids is 1. The first-order valence-electron chi connectivity index (χ1n) is 11.3. The van der Waals surface area contributed by atoms with Gasteiger partial charge in [0.1, 0.15) is 30.0 Å². The second kappa shape index (κ2) is 13.5. The van der Waals surface area contributed by atoms with Gasteiger partial charge in [-0.25, -0.2) is 4.79 Å². The van der Waals surface area contributed by atoms with Crippen molar-refractivity contribution in [1.29, 1.82) is 0 Å². The predicted molar refractivity (Wildman–Crippen MR) is 141 cm³/mol. The Morgan fingerprint density at radius 2 is 1.75 bits per heavy atom. The van der Waals surface area contributed by atoms with Crippen LogP contribution in [0.5, 0.6) is 17.2 Å². The molecule has 0 spiro atoms. The number of carbonyl (C=O) groups is 1. The van der Waals surface area contributed by atoms with Crippen molar-refractivity contribution in [3.8, 4) is 17.2 Å². The molecule has 0 amide bonds. The lowest BCUT2D eigenvalue weighted by Gasteiger charge is -2.15. The van der Waals surface area contributed by atoms with E-state index in [2.05, 4.69) is 5.32 Å². The van der Waals surface area contributed by atoms with E-state index in [1.165, 1.54) is 7.11 Å². The molecule has 3 aromatic rings. The lowest BCUT2D eigenvalue weighted by atomic mass is 10.0. The molecule has 0 saturated heterocycles. The van der Waals surface area contributed by atoms with E-state index < -0.39 is 12.1 Å². The van der Waals surface area contributed by atoms with Crippen LogP contribution in [0.15, 0.2) is 66.7 Å². The van der Waals surface area contributed by atoms with Crippen LogP contribution in [0.4, 0.5) is 0 Å². The second-order valence-corrected chi connectivity index (χ2v) is 8.34. The van der Waals surface area contributed by atoms with Crippen molar-refractivity contribution >= 4 is 29.2 Å². The van der Waals surface area contributed by atoms with Crippen LogP contribution in [0.25, 0.3) is 11.6 Å². The molecule has 36 heavy (non-hydrogen) atoms. The Bertz CT molecular complexity index is 1180. The summed E-state index contributed by atoms with van der Waals surface area (Å²) in [7, 11) is 4.55. The number of benzene rings is 3. The van der Waals surface area contributed by atoms with Crippen LogP contribution in [0.3, 0.4) is 0 Å². The quantitative estimate of drug-likeness (QED) is 0.209. The van der Waals surface area contributed by atoms with E-state index in [9.17, 15) is 9.90 Å². The summed E-state index contributed by atoms with van der Waals surface area (Å²) in [6.07, 6.45) is 1.02. The third-order valence-electron chi connectivity index (χ3n) is 5.36. The molecule has 8 heteroatoms. The predicted octanol–water partition coefficient (Wildman–Crippen LogP) is 4.60. The minimum absolute atomic E-state index is 0.123. The highest BCUT2D eigenvalue weighted by Gasteiger charge is 2.13. The molecule has 1 atom stereocenters. The van der Waals surface area contributed by atoms with Crippen LogP contribution >= 0.6 is 11.6 Å². The Morgan fingerprint density at radius 3 is 2.42 bits per heavy atom. The third kappa shape index (κ3) is 7.75. The lowest BCUT2D eigenvalue weighted by Crippen LogP contribution is -2.31. The van der Waals surface area contributed by atoms with Gasteiger partial charge >= 0.3 is 5.97 Å². The summed E-state index contributed by atoms with van der Waals surface area (Å²) in [6, 6.07) is 19.8. The summed E-state index contributed by atoms with van der Waals surface area (Å²) in [5.41, 5.74) is 2.80.